The molecule has 0 atom stereocenters. The Balaban J connectivity index is 1.54. The standard InChI is InChI=1S/C19H20FN5O/c1-13-2-3-15(9-21)18(24-13)25-6-4-14(5-7-25)10-23-19(26)16-8-17(20)12-22-11-16/h2-3,8,11-12,14H,4-7,10H2,1H3,(H,23,26). The third kappa shape index (κ3) is 4.14. The van der Waals surface area contributed by atoms with Crippen LogP contribution in [-0.4, -0.2) is 35.5 Å². The molecular weight excluding hydrogens is 333 g/mol. The summed E-state index contributed by atoms with van der Waals surface area (Å²) in [6.07, 6.45) is 4.21. The molecule has 1 aliphatic heterocycles. The van der Waals surface area contributed by atoms with Crippen LogP contribution in [0.2, 0.25) is 0 Å². The van der Waals surface area contributed by atoms with E-state index in [-0.39, 0.29) is 11.5 Å². The molecule has 2 aromatic rings. The van der Waals surface area contributed by atoms with Gasteiger partial charge in [-0.3, -0.25) is 9.78 Å². The van der Waals surface area contributed by atoms with Crippen molar-refractivity contribution in [2.24, 2.45) is 5.92 Å². The predicted molar refractivity (Wildman–Crippen MR) is 95.2 cm³/mol. The van der Waals surface area contributed by atoms with Crippen LogP contribution in [0.1, 0.15) is 34.5 Å². The van der Waals surface area contributed by atoms with Gasteiger partial charge >= 0.3 is 0 Å². The first-order chi connectivity index (χ1) is 12.6. The molecule has 7 heteroatoms. The molecule has 0 aromatic carbocycles. The van der Waals surface area contributed by atoms with Crippen molar-refractivity contribution < 1.29 is 9.18 Å². The van der Waals surface area contributed by atoms with Crippen molar-refractivity contribution in [2.45, 2.75) is 19.8 Å². The van der Waals surface area contributed by atoms with E-state index < -0.39 is 5.82 Å². The fraction of sp³-hybridized carbons (Fsp3) is 0.368. The number of hydrogen-bond acceptors (Lipinski definition) is 5. The van der Waals surface area contributed by atoms with E-state index in [1.807, 2.05) is 13.0 Å². The zero-order chi connectivity index (χ0) is 18.5. The molecule has 0 radical (unpaired) electrons. The molecule has 1 aliphatic rings. The van der Waals surface area contributed by atoms with Crippen molar-refractivity contribution in [3.63, 3.8) is 0 Å². The summed E-state index contributed by atoms with van der Waals surface area (Å²) in [5, 5.41) is 12.1. The molecule has 0 bridgehead atoms. The number of hydrogen-bond donors (Lipinski definition) is 1. The maximum absolute atomic E-state index is 13.1. The highest BCUT2D eigenvalue weighted by Crippen LogP contribution is 2.24. The molecule has 1 amide bonds. The molecule has 1 N–H and O–H groups in total. The van der Waals surface area contributed by atoms with Crippen molar-refractivity contribution in [3.05, 3.63) is 53.2 Å². The van der Waals surface area contributed by atoms with E-state index in [1.165, 1.54) is 12.3 Å². The zero-order valence-electron chi connectivity index (χ0n) is 14.6. The minimum absolute atomic E-state index is 0.227. The van der Waals surface area contributed by atoms with Crippen molar-refractivity contribution in [2.75, 3.05) is 24.5 Å². The molecule has 3 heterocycles. The van der Waals surface area contributed by atoms with E-state index in [1.54, 1.807) is 6.07 Å². The average molecular weight is 353 g/mol. The summed E-state index contributed by atoms with van der Waals surface area (Å²) in [6.45, 7) is 4.02. The molecule has 134 valence electrons. The van der Waals surface area contributed by atoms with Crippen LogP contribution in [0.15, 0.2) is 30.6 Å². The molecule has 0 spiro atoms. The number of aromatic nitrogens is 2. The van der Waals surface area contributed by atoms with Gasteiger partial charge < -0.3 is 10.2 Å². The maximum Gasteiger partial charge on any atom is 0.252 e. The van der Waals surface area contributed by atoms with E-state index in [9.17, 15) is 14.4 Å². The summed E-state index contributed by atoms with van der Waals surface area (Å²) >= 11 is 0. The highest BCUT2D eigenvalue weighted by atomic mass is 19.1. The van der Waals surface area contributed by atoms with Gasteiger partial charge in [0.05, 0.1) is 17.3 Å². The predicted octanol–water partition coefficient (Wildman–Crippen LogP) is 2.44. The fourth-order valence-electron chi connectivity index (χ4n) is 3.10. The van der Waals surface area contributed by atoms with Gasteiger partial charge in [-0.1, -0.05) is 0 Å². The first-order valence-electron chi connectivity index (χ1n) is 8.58. The lowest BCUT2D eigenvalue weighted by Gasteiger charge is -2.33. The van der Waals surface area contributed by atoms with E-state index in [0.29, 0.717) is 18.0 Å². The van der Waals surface area contributed by atoms with Crippen LogP contribution in [-0.2, 0) is 0 Å². The highest BCUT2D eigenvalue weighted by molar-refractivity contribution is 5.93. The molecule has 0 saturated carbocycles. The summed E-state index contributed by atoms with van der Waals surface area (Å²) in [4.78, 5) is 22.4. The van der Waals surface area contributed by atoms with Gasteiger partial charge in [0, 0.05) is 31.5 Å². The minimum Gasteiger partial charge on any atom is -0.355 e. The molecular formula is C19H20FN5O. The van der Waals surface area contributed by atoms with Crippen LogP contribution in [0.3, 0.4) is 0 Å². The second-order valence-electron chi connectivity index (χ2n) is 6.47. The first kappa shape index (κ1) is 17.8. The Kier molecular flexibility index (Phi) is 5.42. The number of carbonyl (C=O) groups excluding carboxylic acids is 1. The van der Waals surface area contributed by atoms with Crippen LogP contribution in [0, 0.1) is 30.0 Å². The number of amides is 1. The molecule has 1 fully saturated rings. The Morgan fingerprint density at radius 3 is 2.85 bits per heavy atom. The highest BCUT2D eigenvalue weighted by Gasteiger charge is 2.22. The zero-order valence-corrected chi connectivity index (χ0v) is 14.6. The number of nitrogens with one attached hydrogen (secondary N) is 1. The molecule has 3 rings (SSSR count). The topological polar surface area (TPSA) is 81.9 Å². The van der Waals surface area contributed by atoms with Crippen LogP contribution in [0.5, 0.6) is 0 Å². The van der Waals surface area contributed by atoms with Gasteiger partial charge in [0.25, 0.3) is 5.91 Å². The van der Waals surface area contributed by atoms with Crippen molar-refractivity contribution >= 4 is 11.7 Å². The van der Waals surface area contributed by atoms with Crippen LogP contribution in [0.25, 0.3) is 0 Å². The number of carbonyl (C=O) groups is 1. The largest absolute Gasteiger partial charge is 0.355 e. The van der Waals surface area contributed by atoms with E-state index in [2.05, 4.69) is 26.3 Å². The molecule has 26 heavy (non-hydrogen) atoms. The second kappa shape index (κ2) is 7.91. The Bertz CT molecular complexity index is 840. The Labute approximate surface area is 151 Å². The molecule has 2 aromatic heterocycles. The van der Waals surface area contributed by atoms with Gasteiger partial charge in [0.15, 0.2) is 0 Å². The Morgan fingerprint density at radius 1 is 1.38 bits per heavy atom. The number of rotatable bonds is 4. The van der Waals surface area contributed by atoms with Crippen LogP contribution >= 0.6 is 0 Å². The van der Waals surface area contributed by atoms with Gasteiger partial charge in [-0.2, -0.15) is 5.26 Å². The number of aryl methyl sites for hydroxylation is 1. The fourth-order valence-corrected chi connectivity index (χ4v) is 3.10. The quantitative estimate of drug-likeness (QED) is 0.913. The van der Waals surface area contributed by atoms with Gasteiger partial charge in [-0.15, -0.1) is 0 Å². The number of piperidine rings is 1. The molecule has 1 saturated heterocycles. The van der Waals surface area contributed by atoms with Crippen molar-refractivity contribution in [1.82, 2.24) is 15.3 Å². The third-order valence-corrected chi connectivity index (χ3v) is 4.57. The van der Waals surface area contributed by atoms with Crippen LogP contribution in [0.4, 0.5) is 10.2 Å². The lowest BCUT2D eigenvalue weighted by atomic mass is 9.96. The summed E-state index contributed by atoms with van der Waals surface area (Å²) in [5.74, 6) is 0.240. The lowest BCUT2D eigenvalue weighted by Crippen LogP contribution is -2.39. The van der Waals surface area contributed by atoms with Crippen molar-refractivity contribution in [1.29, 1.82) is 5.26 Å². The first-order valence-corrected chi connectivity index (χ1v) is 8.58. The smallest absolute Gasteiger partial charge is 0.252 e. The SMILES string of the molecule is Cc1ccc(C#N)c(N2CCC(CNC(=O)c3cncc(F)c3)CC2)n1. The molecule has 0 unspecified atom stereocenters. The third-order valence-electron chi connectivity index (χ3n) is 4.57. The summed E-state index contributed by atoms with van der Waals surface area (Å²) in [7, 11) is 0. The number of nitriles is 1. The number of anilines is 1. The Hall–Kier alpha value is -3.01. The summed E-state index contributed by atoms with van der Waals surface area (Å²) < 4.78 is 13.1. The normalized spacial score (nSPS) is 14.7. The van der Waals surface area contributed by atoms with Gasteiger partial charge in [0.2, 0.25) is 0 Å². The summed E-state index contributed by atoms with van der Waals surface area (Å²) in [5.41, 5.74) is 1.70. The lowest BCUT2D eigenvalue weighted by molar-refractivity contribution is 0.0944. The van der Waals surface area contributed by atoms with E-state index in [4.69, 9.17) is 0 Å². The number of nitrogens with zero attached hydrogens (tertiary/aromatic N) is 4. The van der Waals surface area contributed by atoms with Crippen LogP contribution < -0.4 is 10.2 Å². The molecule has 0 aliphatic carbocycles. The second-order valence-corrected chi connectivity index (χ2v) is 6.47. The van der Waals surface area contributed by atoms with E-state index in [0.717, 1.165) is 43.6 Å². The van der Waals surface area contributed by atoms with Gasteiger partial charge in [0.1, 0.15) is 17.7 Å². The Morgan fingerprint density at radius 2 is 2.15 bits per heavy atom. The number of halogens is 1. The average Bonchev–Trinajstić information content (AvgIpc) is 2.66. The minimum atomic E-state index is -0.523. The maximum atomic E-state index is 13.1. The van der Waals surface area contributed by atoms with Crippen molar-refractivity contribution in [3.8, 4) is 6.07 Å². The summed E-state index contributed by atoms with van der Waals surface area (Å²) in [6, 6.07) is 7.02. The van der Waals surface area contributed by atoms with Gasteiger partial charge in [-0.25, -0.2) is 9.37 Å². The monoisotopic (exact) mass is 353 g/mol. The van der Waals surface area contributed by atoms with E-state index >= 15 is 0 Å². The van der Waals surface area contributed by atoms with Gasteiger partial charge in [-0.05, 0) is 43.9 Å². The molecule has 6 nitrogen and oxygen atoms in total. The number of pyridine rings is 2.